The van der Waals surface area contributed by atoms with Crippen LogP contribution in [0.25, 0.3) is 0 Å². The second kappa shape index (κ2) is 6.86. The largest absolute Gasteiger partial charge is 0.478 e. The molecule has 24 heavy (non-hydrogen) atoms. The van der Waals surface area contributed by atoms with Crippen molar-refractivity contribution in [2.45, 2.75) is 45.1 Å². The molecule has 1 N–H and O–H groups in total. The van der Waals surface area contributed by atoms with Crippen molar-refractivity contribution in [2.24, 2.45) is 0 Å². The van der Waals surface area contributed by atoms with Gasteiger partial charge in [0.25, 0.3) is 5.91 Å². The Morgan fingerprint density at radius 3 is 2.54 bits per heavy atom. The van der Waals surface area contributed by atoms with Gasteiger partial charge >= 0.3 is 0 Å². The zero-order valence-electron chi connectivity index (χ0n) is 14.1. The SMILES string of the molecule is CC(C)(Oc1ccc(Cl)cc1)C(=O)Nc1cccc2c1CCCC2. The van der Waals surface area contributed by atoms with E-state index >= 15 is 0 Å². The minimum absolute atomic E-state index is 0.156. The van der Waals surface area contributed by atoms with Crippen molar-refractivity contribution in [1.29, 1.82) is 0 Å². The van der Waals surface area contributed by atoms with Gasteiger partial charge in [-0.25, -0.2) is 0 Å². The van der Waals surface area contributed by atoms with Gasteiger partial charge in [-0.1, -0.05) is 23.7 Å². The maximum atomic E-state index is 12.7. The van der Waals surface area contributed by atoms with Crippen LogP contribution in [0.1, 0.15) is 37.8 Å². The van der Waals surface area contributed by atoms with Gasteiger partial charge in [0.1, 0.15) is 5.75 Å². The molecule has 3 rings (SSSR count). The fourth-order valence-electron chi connectivity index (χ4n) is 3.01. The number of halogens is 1. The third-order valence-electron chi connectivity index (χ3n) is 4.38. The van der Waals surface area contributed by atoms with Crippen molar-refractivity contribution in [3.8, 4) is 5.75 Å². The van der Waals surface area contributed by atoms with Crippen molar-refractivity contribution in [3.05, 3.63) is 58.6 Å². The highest BCUT2D eigenvalue weighted by molar-refractivity contribution is 6.30. The number of carbonyl (C=O) groups is 1. The van der Waals surface area contributed by atoms with Gasteiger partial charge in [-0.2, -0.15) is 0 Å². The molecule has 0 heterocycles. The molecule has 0 saturated carbocycles. The summed E-state index contributed by atoms with van der Waals surface area (Å²) in [6, 6.07) is 13.2. The van der Waals surface area contributed by atoms with E-state index in [0.29, 0.717) is 10.8 Å². The van der Waals surface area contributed by atoms with Crippen molar-refractivity contribution in [2.75, 3.05) is 5.32 Å². The number of ether oxygens (including phenoxy) is 1. The Bertz CT molecular complexity index is 738. The molecule has 0 spiro atoms. The smallest absolute Gasteiger partial charge is 0.267 e. The molecule has 4 heteroatoms. The first kappa shape index (κ1) is 16.8. The van der Waals surface area contributed by atoms with E-state index in [-0.39, 0.29) is 5.91 Å². The molecule has 0 unspecified atom stereocenters. The number of fused-ring (bicyclic) bond motifs is 1. The number of benzene rings is 2. The van der Waals surface area contributed by atoms with Crippen LogP contribution in [0.3, 0.4) is 0 Å². The zero-order chi connectivity index (χ0) is 17.2. The van der Waals surface area contributed by atoms with Gasteiger partial charge in [0.2, 0.25) is 0 Å². The number of anilines is 1. The van der Waals surface area contributed by atoms with Crippen molar-refractivity contribution >= 4 is 23.2 Å². The molecule has 0 saturated heterocycles. The van der Waals surface area contributed by atoms with Gasteiger partial charge in [-0.3, -0.25) is 4.79 Å². The first-order chi connectivity index (χ1) is 11.5. The molecule has 0 fully saturated rings. The van der Waals surface area contributed by atoms with E-state index in [2.05, 4.69) is 11.4 Å². The maximum absolute atomic E-state index is 12.7. The molecule has 0 bridgehead atoms. The van der Waals surface area contributed by atoms with Gasteiger partial charge in [0.15, 0.2) is 5.60 Å². The third kappa shape index (κ3) is 3.73. The maximum Gasteiger partial charge on any atom is 0.267 e. The normalized spacial score (nSPS) is 14.0. The van der Waals surface area contributed by atoms with Crippen molar-refractivity contribution in [1.82, 2.24) is 0 Å². The number of nitrogens with one attached hydrogen (secondary N) is 1. The summed E-state index contributed by atoms with van der Waals surface area (Å²) in [5.41, 5.74) is 2.53. The molecule has 1 amide bonds. The van der Waals surface area contributed by atoms with Crippen LogP contribution >= 0.6 is 11.6 Å². The molecule has 0 atom stereocenters. The molecule has 2 aromatic carbocycles. The highest BCUT2D eigenvalue weighted by atomic mass is 35.5. The van der Waals surface area contributed by atoms with Crippen LogP contribution in [0.5, 0.6) is 5.75 Å². The fraction of sp³-hybridized carbons (Fsp3) is 0.350. The average molecular weight is 344 g/mol. The Morgan fingerprint density at radius 2 is 1.79 bits per heavy atom. The second-order valence-corrected chi connectivity index (χ2v) is 7.11. The molecule has 1 aliphatic carbocycles. The lowest BCUT2D eigenvalue weighted by molar-refractivity contribution is -0.128. The number of carbonyl (C=O) groups excluding carboxylic acids is 1. The molecule has 2 aromatic rings. The molecule has 126 valence electrons. The van der Waals surface area contributed by atoms with Gasteiger partial charge in [0.05, 0.1) is 0 Å². The van der Waals surface area contributed by atoms with Crippen molar-refractivity contribution < 1.29 is 9.53 Å². The topological polar surface area (TPSA) is 38.3 Å². The lowest BCUT2D eigenvalue weighted by Gasteiger charge is -2.27. The Kier molecular flexibility index (Phi) is 4.81. The van der Waals surface area contributed by atoms with Crippen LogP contribution in [0.4, 0.5) is 5.69 Å². The molecule has 3 nitrogen and oxygen atoms in total. The average Bonchev–Trinajstić information content (AvgIpc) is 2.57. The molecule has 1 aliphatic rings. The Morgan fingerprint density at radius 1 is 1.08 bits per heavy atom. The molecule has 0 aromatic heterocycles. The number of aryl methyl sites for hydroxylation is 1. The summed E-state index contributed by atoms with van der Waals surface area (Å²) in [6.45, 7) is 3.54. The Labute approximate surface area is 148 Å². The van der Waals surface area contributed by atoms with E-state index in [9.17, 15) is 4.79 Å². The summed E-state index contributed by atoms with van der Waals surface area (Å²) in [4.78, 5) is 12.7. The summed E-state index contributed by atoms with van der Waals surface area (Å²) in [5, 5.41) is 3.69. The van der Waals surface area contributed by atoms with Gasteiger partial charge in [-0.05, 0) is 81.0 Å². The Balaban J connectivity index is 1.75. The van der Waals surface area contributed by atoms with Crippen LogP contribution in [-0.2, 0) is 17.6 Å². The standard InChI is InChI=1S/C20H22ClNO2/c1-20(2,24-16-12-10-15(21)11-13-16)19(23)22-18-9-5-7-14-6-3-4-8-17(14)18/h5,7,9-13H,3-4,6,8H2,1-2H3,(H,22,23). The monoisotopic (exact) mass is 343 g/mol. The lowest BCUT2D eigenvalue weighted by atomic mass is 9.90. The Hall–Kier alpha value is -2.00. The summed E-state index contributed by atoms with van der Waals surface area (Å²) >= 11 is 5.89. The van der Waals surface area contributed by atoms with E-state index in [1.807, 2.05) is 12.1 Å². The molecule has 0 radical (unpaired) electrons. The minimum Gasteiger partial charge on any atom is -0.478 e. The van der Waals surface area contributed by atoms with E-state index in [0.717, 1.165) is 18.5 Å². The van der Waals surface area contributed by atoms with Crippen LogP contribution in [0, 0.1) is 0 Å². The van der Waals surface area contributed by atoms with Crippen LogP contribution in [-0.4, -0.2) is 11.5 Å². The predicted molar refractivity (Wildman–Crippen MR) is 97.9 cm³/mol. The summed E-state index contributed by atoms with van der Waals surface area (Å²) in [7, 11) is 0. The van der Waals surface area contributed by atoms with Gasteiger partial charge in [0, 0.05) is 10.7 Å². The lowest BCUT2D eigenvalue weighted by Crippen LogP contribution is -2.42. The number of hydrogen-bond acceptors (Lipinski definition) is 2. The van der Waals surface area contributed by atoms with E-state index in [1.54, 1.807) is 38.1 Å². The second-order valence-electron chi connectivity index (χ2n) is 6.67. The summed E-state index contributed by atoms with van der Waals surface area (Å²) in [5.74, 6) is 0.464. The first-order valence-electron chi connectivity index (χ1n) is 8.32. The zero-order valence-corrected chi connectivity index (χ0v) is 14.8. The van der Waals surface area contributed by atoms with Gasteiger partial charge in [-0.15, -0.1) is 0 Å². The molecular formula is C20H22ClNO2. The van der Waals surface area contributed by atoms with Crippen LogP contribution < -0.4 is 10.1 Å². The van der Waals surface area contributed by atoms with Crippen molar-refractivity contribution in [3.63, 3.8) is 0 Å². The van der Waals surface area contributed by atoms with E-state index in [4.69, 9.17) is 16.3 Å². The summed E-state index contributed by atoms with van der Waals surface area (Å²) in [6.07, 6.45) is 4.49. The van der Waals surface area contributed by atoms with E-state index < -0.39 is 5.60 Å². The minimum atomic E-state index is -0.981. The quantitative estimate of drug-likeness (QED) is 0.846. The number of rotatable bonds is 4. The van der Waals surface area contributed by atoms with Crippen LogP contribution in [0.2, 0.25) is 5.02 Å². The number of hydrogen-bond donors (Lipinski definition) is 1. The molecule has 0 aliphatic heterocycles. The number of amides is 1. The highest BCUT2D eigenvalue weighted by Gasteiger charge is 2.30. The van der Waals surface area contributed by atoms with Crippen LogP contribution in [0.15, 0.2) is 42.5 Å². The summed E-state index contributed by atoms with van der Waals surface area (Å²) < 4.78 is 5.86. The fourth-order valence-corrected chi connectivity index (χ4v) is 3.14. The highest BCUT2D eigenvalue weighted by Crippen LogP contribution is 2.29. The predicted octanol–water partition coefficient (Wildman–Crippen LogP) is 5.01. The molecular weight excluding hydrogens is 322 g/mol. The van der Waals surface area contributed by atoms with Gasteiger partial charge < -0.3 is 10.1 Å². The third-order valence-corrected chi connectivity index (χ3v) is 4.63. The first-order valence-corrected chi connectivity index (χ1v) is 8.70. The van der Waals surface area contributed by atoms with E-state index in [1.165, 1.54) is 24.0 Å².